The molecule has 1 saturated heterocycles. The van der Waals surface area contributed by atoms with Crippen molar-refractivity contribution in [3.05, 3.63) is 53.3 Å². The summed E-state index contributed by atoms with van der Waals surface area (Å²) in [6.45, 7) is -1.06. The number of methoxy groups -OCH3 is 1. The minimum Gasteiger partial charge on any atom is -0.504 e. The molecule has 14 nitrogen and oxygen atoms in total. The van der Waals surface area contributed by atoms with Crippen LogP contribution in [-0.4, -0.2) is 111 Å². The Labute approximate surface area is 227 Å². The number of esters is 2. The minimum atomic E-state index is -1.78. The van der Waals surface area contributed by atoms with Crippen molar-refractivity contribution in [1.82, 2.24) is 0 Å². The van der Waals surface area contributed by atoms with Crippen molar-refractivity contribution in [2.75, 3.05) is 20.3 Å². The van der Waals surface area contributed by atoms with E-state index in [9.17, 15) is 45.3 Å². The summed E-state index contributed by atoms with van der Waals surface area (Å²) in [6, 6.07) is 3.89. The van der Waals surface area contributed by atoms with Gasteiger partial charge >= 0.3 is 11.9 Å². The van der Waals surface area contributed by atoms with Gasteiger partial charge in [0.1, 0.15) is 31.0 Å². The molecule has 4 rings (SSSR count). The lowest BCUT2D eigenvalue weighted by molar-refractivity contribution is -0.340. The highest BCUT2D eigenvalue weighted by Gasteiger charge is 2.52. The Morgan fingerprint density at radius 3 is 2.42 bits per heavy atom. The molecule has 7 N–H and O–H groups in total. The van der Waals surface area contributed by atoms with Gasteiger partial charge in [-0.2, -0.15) is 0 Å². The molecule has 0 aromatic heterocycles. The van der Waals surface area contributed by atoms with Gasteiger partial charge in [0.15, 0.2) is 17.8 Å². The number of aliphatic hydroxyl groups is 5. The number of carbonyl (C=O) groups is 2. The second kappa shape index (κ2) is 12.3. The van der Waals surface area contributed by atoms with Crippen molar-refractivity contribution in [3.8, 4) is 11.5 Å². The first kappa shape index (κ1) is 29.5. The van der Waals surface area contributed by atoms with Crippen molar-refractivity contribution in [1.29, 1.82) is 0 Å². The molecule has 14 heteroatoms. The van der Waals surface area contributed by atoms with E-state index >= 15 is 0 Å². The molecule has 2 heterocycles. The first-order valence-corrected chi connectivity index (χ1v) is 12.2. The van der Waals surface area contributed by atoms with Gasteiger partial charge in [-0.15, -0.1) is 0 Å². The highest BCUT2D eigenvalue weighted by molar-refractivity contribution is 5.89. The van der Waals surface area contributed by atoms with Gasteiger partial charge < -0.3 is 59.4 Å². The lowest BCUT2D eigenvalue weighted by atomic mass is 9.82. The maximum Gasteiger partial charge on any atom is 0.337 e. The van der Waals surface area contributed by atoms with E-state index < -0.39 is 80.1 Å². The lowest BCUT2D eigenvalue weighted by Gasteiger charge is -2.43. The van der Waals surface area contributed by atoms with Gasteiger partial charge in [0.25, 0.3) is 0 Å². The fourth-order valence-electron chi connectivity index (χ4n) is 4.80. The summed E-state index contributed by atoms with van der Waals surface area (Å²) in [7, 11) is 1.16. The maximum atomic E-state index is 12.2. The van der Waals surface area contributed by atoms with Crippen molar-refractivity contribution < 1.29 is 69.0 Å². The van der Waals surface area contributed by atoms with E-state index in [4.69, 9.17) is 23.7 Å². The highest BCUT2D eigenvalue weighted by atomic mass is 16.8. The van der Waals surface area contributed by atoms with Crippen molar-refractivity contribution >= 4 is 18.0 Å². The number of aromatic hydroxyl groups is 2. The monoisotopic (exact) mass is 566 g/mol. The van der Waals surface area contributed by atoms with Gasteiger partial charge in [-0.1, -0.05) is 12.1 Å². The SMILES string of the molecule is COC(=O)C1=CO[C@@H](O[C@@H]2O[C@H](COC(=O)/C=C/c3ccc(O)c(O)c3)[C@@H](O)[C@H](O)[C@H]2O)[C@@H]2C(CO)=C[C@H](O)[C@H]12. The predicted octanol–water partition coefficient (Wildman–Crippen LogP) is -1.58. The first-order valence-electron chi connectivity index (χ1n) is 12.2. The number of carbonyl (C=O) groups excluding carboxylic acids is 2. The second-order valence-corrected chi connectivity index (χ2v) is 9.37. The topological polar surface area (TPSA) is 222 Å². The fraction of sp³-hybridized carbons (Fsp3) is 0.462. The van der Waals surface area contributed by atoms with Gasteiger partial charge in [0, 0.05) is 12.0 Å². The van der Waals surface area contributed by atoms with Crippen LogP contribution in [0.25, 0.3) is 6.08 Å². The number of rotatable bonds is 8. The summed E-state index contributed by atoms with van der Waals surface area (Å²) in [4.78, 5) is 24.4. The van der Waals surface area contributed by atoms with Crippen LogP contribution < -0.4 is 0 Å². The maximum absolute atomic E-state index is 12.2. The molecule has 1 fully saturated rings. The second-order valence-electron chi connectivity index (χ2n) is 9.37. The van der Waals surface area contributed by atoms with Crippen molar-refractivity contribution in [3.63, 3.8) is 0 Å². The van der Waals surface area contributed by atoms with E-state index in [-0.39, 0.29) is 17.1 Å². The zero-order valence-corrected chi connectivity index (χ0v) is 21.1. The first-order chi connectivity index (χ1) is 19.0. The van der Waals surface area contributed by atoms with Crippen LogP contribution in [0.2, 0.25) is 0 Å². The van der Waals surface area contributed by atoms with Crippen LogP contribution in [0.5, 0.6) is 11.5 Å². The summed E-state index contributed by atoms with van der Waals surface area (Å²) in [6.07, 6.45) is -5.95. The Morgan fingerprint density at radius 1 is 1.00 bits per heavy atom. The third kappa shape index (κ3) is 5.97. The van der Waals surface area contributed by atoms with E-state index in [2.05, 4.69) is 0 Å². The predicted molar refractivity (Wildman–Crippen MR) is 131 cm³/mol. The Hall–Kier alpha value is -3.50. The molecule has 1 aromatic rings. The lowest BCUT2D eigenvalue weighted by Crippen LogP contribution is -2.60. The Kier molecular flexibility index (Phi) is 9.10. The summed E-state index contributed by atoms with van der Waals surface area (Å²) < 4.78 is 26.7. The summed E-state index contributed by atoms with van der Waals surface area (Å²) in [5.74, 6) is -4.12. The molecule has 0 amide bonds. The van der Waals surface area contributed by atoms with E-state index in [1.807, 2.05) is 0 Å². The van der Waals surface area contributed by atoms with Crippen LogP contribution >= 0.6 is 0 Å². The number of phenols is 2. The molecule has 0 bridgehead atoms. The standard InChI is InChI=1S/C26H30O14/c1-36-24(35)13-9-38-25(19-12(8-27)7-16(30)20(13)19)40-26-23(34)22(33)21(32)17(39-26)10-37-18(31)5-3-11-2-4-14(28)15(29)6-11/h2-7,9,16-17,19-23,25-30,32-34H,8,10H2,1H3/b5-3+/t16-,17+,19+,20-,21+,22-,23+,25-,26-/m0/s1. The van der Waals surface area contributed by atoms with Crippen molar-refractivity contribution in [2.24, 2.45) is 11.8 Å². The molecule has 218 valence electrons. The summed E-state index contributed by atoms with van der Waals surface area (Å²) in [5.41, 5.74) is 0.680. The Morgan fingerprint density at radius 2 is 1.75 bits per heavy atom. The largest absolute Gasteiger partial charge is 0.504 e. The average molecular weight is 567 g/mol. The number of hydrogen-bond donors (Lipinski definition) is 7. The number of ether oxygens (including phenoxy) is 5. The summed E-state index contributed by atoms with van der Waals surface area (Å²) >= 11 is 0. The molecule has 1 aliphatic carbocycles. The van der Waals surface area contributed by atoms with Crippen LogP contribution in [0.3, 0.4) is 0 Å². The van der Waals surface area contributed by atoms with E-state index in [0.29, 0.717) is 11.1 Å². The molecule has 0 unspecified atom stereocenters. The van der Waals surface area contributed by atoms with E-state index in [1.165, 1.54) is 30.4 Å². The average Bonchev–Trinajstić information content (AvgIpc) is 3.29. The molecular formula is C26H30O14. The van der Waals surface area contributed by atoms with Crippen LogP contribution in [0, 0.1) is 11.8 Å². The number of fused-ring (bicyclic) bond motifs is 1. The normalized spacial score (nSPS) is 33.5. The number of benzene rings is 1. The highest BCUT2D eigenvalue weighted by Crippen LogP contribution is 2.44. The molecule has 0 saturated carbocycles. The summed E-state index contributed by atoms with van der Waals surface area (Å²) in [5, 5.41) is 70.5. The minimum absolute atomic E-state index is 0.000443. The van der Waals surface area contributed by atoms with Crippen LogP contribution in [0.15, 0.2) is 47.8 Å². The molecular weight excluding hydrogens is 536 g/mol. The molecule has 3 aliphatic rings. The van der Waals surface area contributed by atoms with Crippen LogP contribution in [0.4, 0.5) is 0 Å². The van der Waals surface area contributed by atoms with E-state index in [1.54, 1.807) is 0 Å². The number of aliphatic hydroxyl groups excluding tert-OH is 5. The van der Waals surface area contributed by atoms with Gasteiger partial charge in [0.05, 0.1) is 37.6 Å². The smallest absolute Gasteiger partial charge is 0.337 e. The third-order valence-corrected chi connectivity index (χ3v) is 6.89. The molecule has 9 atom stereocenters. The zero-order valence-electron chi connectivity index (χ0n) is 21.1. The van der Waals surface area contributed by atoms with Crippen LogP contribution in [0.1, 0.15) is 5.56 Å². The Balaban J connectivity index is 1.43. The van der Waals surface area contributed by atoms with Gasteiger partial charge in [-0.3, -0.25) is 0 Å². The number of hydrogen-bond acceptors (Lipinski definition) is 14. The van der Waals surface area contributed by atoms with Crippen LogP contribution in [-0.2, 0) is 33.3 Å². The number of phenolic OH excluding ortho intramolecular Hbond substituents is 2. The third-order valence-electron chi connectivity index (χ3n) is 6.89. The zero-order chi connectivity index (χ0) is 29.1. The molecule has 40 heavy (non-hydrogen) atoms. The van der Waals surface area contributed by atoms with Gasteiger partial charge in [0.2, 0.25) is 6.29 Å². The Bertz CT molecular complexity index is 1190. The molecule has 1 aromatic carbocycles. The van der Waals surface area contributed by atoms with Gasteiger partial charge in [-0.25, -0.2) is 9.59 Å². The fourth-order valence-corrected chi connectivity index (χ4v) is 4.80. The van der Waals surface area contributed by atoms with Gasteiger partial charge in [-0.05, 0) is 29.3 Å². The molecule has 0 spiro atoms. The van der Waals surface area contributed by atoms with E-state index in [0.717, 1.165) is 19.4 Å². The quantitative estimate of drug-likeness (QED) is 0.0817. The molecule has 2 aliphatic heterocycles. The molecule has 0 radical (unpaired) electrons. The van der Waals surface area contributed by atoms with Crippen molar-refractivity contribution in [2.45, 2.75) is 43.1 Å².